The number of nitrogens with zero attached hydrogens (tertiary/aromatic N) is 1. The van der Waals surface area contributed by atoms with Gasteiger partial charge in [0.1, 0.15) is 0 Å². The minimum Gasteiger partial charge on any atom is -0.380 e. The third-order valence-corrected chi connectivity index (χ3v) is 1.92. The van der Waals surface area contributed by atoms with Gasteiger partial charge in [-0.25, -0.2) is 0 Å². The van der Waals surface area contributed by atoms with E-state index in [-0.39, 0.29) is 18.6 Å². The normalized spacial score (nSPS) is 13.4. The van der Waals surface area contributed by atoms with Crippen molar-refractivity contribution in [1.29, 1.82) is 0 Å². The number of hydrogen-bond acceptors (Lipinski definition) is 3. The topological polar surface area (TPSA) is 49.9 Å². The zero-order chi connectivity index (χ0) is 12.1. The average Bonchev–Trinajstić information content (AvgIpc) is 2.88. The number of aromatic nitrogens is 2. The van der Waals surface area contributed by atoms with Crippen LogP contribution in [-0.4, -0.2) is 30.4 Å². The van der Waals surface area contributed by atoms with Crippen LogP contribution in [0.3, 0.4) is 0 Å². The third kappa shape index (κ3) is 12.0. The van der Waals surface area contributed by atoms with E-state index in [0.29, 0.717) is 6.61 Å². The molecule has 1 aliphatic heterocycles. The molecule has 5 heteroatoms. The minimum atomic E-state index is 0. The van der Waals surface area contributed by atoms with Gasteiger partial charge in [0.15, 0.2) is 0 Å². The van der Waals surface area contributed by atoms with Gasteiger partial charge in [-0.3, -0.25) is 5.10 Å². The van der Waals surface area contributed by atoms with Crippen LogP contribution in [0.1, 0.15) is 32.3 Å². The van der Waals surface area contributed by atoms with Crippen molar-refractivity contribution in [2.24, 2.45) is 0 Å². The molecule has 0 saturated carbocycles. The predicted molar refractivity (Wildman–Crippen MR) is 67.1 cm³/mol. The Morgan fingerprint density at radius 1 is 1.35 bits per heavy atom. The first kappa shape index (κ1) is 19.1. The number of aromatic amines is 1. The molecule has 2 heterocycles. The summed E-state index contributed by atoms with van der Waals surface area (Å²) >= 11 is 0. The minimum absolute atomic E-state index is 0. The number of piperidine rings is 1. The van der Waals surface area contributed by atoms with Crippen LogP contribution in [0.25, 0.3) is 0 Å². The van der Waals surface area contributed by atoms with E-state index in [4.69, 9.17) is 4.74 Å². The SMILES string of the molecule is CC.COCc1cn[nH]c1.[CH-]1CCNCC1.[V]. The maximum absolute atomic E-state index is 4.83. The van der Waals surface area contributed by atoms with E-state index in [1.54, 1.807) is 13.3 Å². The molecule has 1 aromatic rings. The fraction of sp³-hybridized carbons (Fsp3) is 0.667. The van der Waals surface area contributed by atoms with Crippen molar-refractivity contribution in [1.82, 2.24) is 15.5 Å². The maximum Gasteiger partial charge on any atom is 0.0743 e. The standard InChI is InChI=1S/C5H8N2O.C5H10N.C2H6.V/c1-8-4-5-2-6-7-3-5;1-2-4-6-5-3-1;1-2;/h2-3H,4H2,1H3,(H,6,7);1,6H,2-5H2;1-2H3;/q;-1;;. The number of rotatable bonds is 2. The molecule has 0 bridgehead atoms. The van der Waals surface area contributed by atoms with Crippen molar-refractivity contribution in [2.75, 3.05) is 20.2 Å². The van der Waals surface area contributed by atoms with Gasteiger partial charge in [0.2, 0.25) is 0 Å². The van der Waals surface area contributed by atoms with Gasteiger partial charge in [-0.15, -0.1) is 0 Å². The predicted octanol–water partition coefficient (Wildman–Crippen LogP) is 2.15. The second kappa shape index (κ2) is 15.7. The van der Waals surface area contributed by atoms with E-state index in [0.717, 1.165) is 5.56 Å². The van der Waals surface area contributed by atoms with Crippen LogP contribution in [0, 0.1) is 6.42 Å². The zero-order valence-corrected chi connectivity index (χ0v) is 12.5. The summed E-state index contributed by atoms with van der Waals surface area (Å²) in [7, 11) is 1.66. The first-order valence-electron chi connectivity index (χ1n) is 5.92. The monoisotopic (exact) mass is 277 g/mol. The fourth-order valence-electron chi connectivity index (χ4n) is 1.20. The maximum atomic E-state index is 4.83. The molecule has 1 saturated heterocycles. The molecule has 2 rings (SSSR count). The molecular weight excluding hydrogens is 253 g/mol. The van der Waals surface area contributed by atoms with Gasteiger partial charge in [0.25, 0.3) is 0 Å². The number of hydrogen-bond donors (Lipinski definition) is 2. The van der Waals surface area contributed by atoms with Crippen LogP contribution < -0.4 is 5.32 Å². The molecule has 0 spiro atoms. The molecule has 1 aromatic heterocycles. The summed E-state index contributed by atoms with van der Waals surface area (Å²) in [4.78, 5) is 0. The zero-order valence-electron chi connectivity index (χ0n) is 11.1. The first-order chi connectivity index (χ1) is 7.93. The third-order valence-electron chi connectivity index (χ3n) is 1.92. The van der Waals surface area contributed by atoms with Gasteiger partial charge in [0.05, 0.1) is 12.8 Å². The summed E-state index contributed by atoms with van der Waals surface area (Å²) in [5.74, 6) is 0. The van der Waals surface area contributed by atoms with Crippen LogP contribution >= 0.6 is 0 Å². The van der Waals surface area contributed by atoms with Crippen molar-refractivity contribution in [2.45, 2.75) is 33.3 Å². The molecule has 1 fully saturated rings. The van der Waals surface area contributed by atoms with Crippen LogP contribution in [0.5, 0.6) is 0 Å². The molecule has 17 heavy (non-hydrogen) atoms. The van der Waals surface area contributed by atoms with Crippen LogP contribution in [0.4, 0.5) is 0 Å². The van der Waals surface area contributed by atoms with E-state index in [2.05, 4.69) is 21.9 Å². The molecule has 0 aliphatic carbocycles. The molecule has 0 aromatic carbocycles. The summed E-state index contributed by atoms with van der Waals surface area (Å²) in [6.07, 6.45) is 8.41. The van der Waals surface area contributed by atoms with Crippen molar-refractivity contribution in [3.8, 4) is 0 Å². The fourth-order valence-corrected chi connectivity index (χ4v) is 1.20. The molecule has 99 valence electrons. The van der Waals surface area contributed by atoms with E-state index in [1.165, 1.54) is 25.9 Å². The summed E-state index contributed by atoms with van der Waals surface area (Å²) in [5.41, 5.74) is 1.08. The summed E-state index contributed by atoms with van der Waals surface area (Å²) in [6.45, 7) is 7.02. The van der Waals surface area contributed by atoms with Crippen molar-refractivity contribution >= 4 is 0 Å². The molecule has 4 nitrogen and oxygen atoms in total. The molecular formula is C12H24N3OV-. The number of ether oxygens (including phenoxy) is 1. The Bertz CT molecular complexity index is 202. The summed E-state index contributed by atoms with van der Waals surface area (Å²) < 4.78 is 4.83. The van der Waals surface area contributed by atoms with Crippen molar-refractivity contribution < 1.29 is 23.3 Å². The second-order valence-electron chi connectivity index (χ2n) is 3.16. The van der Waals surface area contributed by atoms with Gasteiger partial charge in [0, 0.05) is 37.4 Å². The van der Waals surface area contributed by atoms with Gasteiger partial charge in [-0.05, 0) is 13.1 Å². The number of H-pyrrole nitrogens is 1. The Labute approximate surface area is 117 Å². The molecule has 1 aliphatic rings. The molecule has 0 unspecified atom stereocenters. The van der Waals surface area contributed by atoms with Gasteiger partial charge >= 0.3 is 0 Å². The molecule has 0 atom stereocenters. The van der Waals surface area contributed by atoms with E-state index < -0.39 is 0 Å². The van der Waals surface area contributed by atoms with Gasteiger partial charge in [-0.2, -0.15) is 17.9 Å². The number of methoxy groups -OCH3 is 1. The summed E-state index contributed by atoms with van der Waals surface area (Å²) in [6, 6.07) is 0. The van der Waals surface area contributed by atoms with Crippen LogP contribution in [0.15, 0.2) is 12.4 Å². The Hall–Kier alpha value is -0.286. The Morgan fingerprint density at radius 3 is 2.29 bits per heavy atom. The van der Waals surface area contributed by atoms with Crippen LogP contribution in [0.2, 0.25) is 0 Å². The first-order valence-corrected chi connectivity index (χ1v) is 5.92. The largest absolute Gasteiger partial charge is 0.380 e. The Kier molecular flexibility index (Phi) is 17.6. The molecule has 0 amide bonds. The summed E-state index contributed by atoms with van der Waals surface area (Å²) in [5, 5.41) is 9.67. The van der Waals surface area contributed by atoms with Crippen LogP contribution in [-0.2, 0) is 29.9 Å². The van der Waals surface area contributed by atoms with Gasteiger partial charge in [-0.1, -0.05) is 13.8 Å². The second-order valence-corrected chi connectivity index (χ2v) is 3.16. The van der Waals surface area contributed by atoms with Gasteiger partial charge < -0.3 is 16.5 Å². The number of nitrogens with one attached hydrogen (secondary N) is 2. The Balaban J connectivity index is 0. The smallest absolute Gasteiger partial charge is 0.0743 e. The van der Waals surface area contributed by atoms with E-state index >= 15 is 0 Å². The van der Waals surface area contributed by atoms with E-state index in [1.807, 2.05) is 20.0 Å². The Morgan fingerprint density at radius 2 is 2.00 bits per heavy atom. The van der Waals surface area contributed by atoms with Crippen molar-refractivity contribution in [3.05, 3.63) is 24.4 Å². The van der Waals surface area contributed by atoms with Crippen molar-refractivity contribution in [3.63, 3.8) is 0 Å². The quantitative estimate of drug-likeness (QED) is 0.814. The van der Waals surface area contributed by atoms with E-state index in [9.17, 15) is 0 Å². The molecule has 1 radical (unpaired) electrons. The average molecular weight is 277 g/mol. The molecule has 2 N–H and O–H groups in total.